The number of nitrogens with zero attached hydrogens (tertiary/aromatic N) is 1. The van der Waals surface area contributed by atoms with E-state index >= 15 is 0 Å². The molecule has 1 amide bonds. The van der Waals surface area contributed by atoms with E-state index in [0.29, 0.717) is 30.8 Å². The Morgan fingerprint density at radius 1 is 1.00 bits per heavy atom. The number of phenolic OH excluding ortho intramolecular Hbond substituents is 1. The fourth-order valence-electron chi connectivity index (χ4n) is 2.56. The molecule has 5 heteroatoms. The first-order valence-electron chi connectivity index (χ1n) is 7.93. The third-order valence-electron chi connectivity index (χ3n) is 3.90. The standard InChI is InChI=1S/C20H18BrNO3/c21-17-9-7-15(8-10-17)12-20(24)22(14-18-5-3-11-25-18)13-16-4-1-2-6-19(16)23/h1-11,23H,12-14H2. The molecule has 2 aromatic carbocycles. The van der Waals surface area contributed by atoms with Crippen molar-refractivity contribution in [3.63, 3.8) is 0 Å². The Hall–Kier alpha value is -2.53. The van der Waals surface area contributed by atoms with Gasteiger partial charge in [0.2, 0.25) is 5.91 Å². The lowest BCUT2D eigenvalue weighted by Crippen LogP contribution is -2.31. The molecule has 0 aliphatic carbocycles. The van der Waals surface area contributed by atoms with Gasteiger partial charge in [0.15, 0.2) is 0 Å². The summed E-state index contributed by atoms with van der Waals surface area (Å²) in [7, 11) is 0. The van der Waals surface area contributed by atoms with E-state index in [1.165, 1.54) is 0 Å². The number of halogens is 1. The van der Waals surface area contributed by atoms with Crippen LogP contribution in [-0.4, -0.2) is 15.9 Å². The molecule has 3 aromatic rings. The van der Waals surface area contributed by atoms with Crippen LogP contribution in [0.2, 0.25) is 0 Å². The van der Waals surface area contributed by atoms with Crippen LogP contribution < -0.4 is 0 Å². The maximum Gasteiger partial charge on any atom is 0.227 e. The minimum Gasteiger partial charge on any atom is -0.508 e. The van der Waals surface area contributed by atoms with Crippen LogP contribution in [0.15, 0.2) is 75.8 Å². The molecule has 0 aliphatic rings. The summed E-state index contributed by atoms with van der Waals surface area (Å²) in [5, 5.41) is 10.0. The van der Waals surface area contributed by atoms with Gasteiger partial charge in [-0.1, -0.05) is 46.3 Å². The molecule has 128 valence electrons. The van der Waals surface area contributed by atoms with Gasteiger partial charge in [0.05, 0.1) is 19.2 Å². The Labute approximate surface area is 154 Å². The zero-order valence-electron chi connectivity index (χ0n) is 13.6. The SMILES string of the molecule is O=C(Cc1ccc(Br)cc1)N(Cc1ccco1)Cc1ccccc1O. The largest absolute Gasteiger partial charge is 0.508 e. The monoisotopic (exact) mass is 399 g/mol. The number of aromatic hydroxyl groups is 1. The van der Waals surface area contributed by atoms with Gasteiger partial charge in [0, 0.05) is 16.6 Å². The van der Waals surface area contributed by atoms with Crippen LogP contribution in [0.5, 0.6) is 5.75 Å². The lowest BCUT2D eigenvalue weighted by molar-refractivity contribution is -0.132. The van der Waals surface area contributed by atoms with Crippen LogP contribution in [0.25, 0.3) is 0 Å². The number of rotatable bonds is 6. The van der Waals surface area contributed by atoms with Gasteiger partial charge >= 0.3 is 0 Å². The molecule has 0 aliphatic heterocycles. The van der Waals surface area contributed by atoms with Gasteiger partial charge < -0.3 is 14.4 Å². The van der Waals surface area contributed by atoms with Crippen molar-refractivity contribution in [2.24, 2.45) is 0 Å². The van der Waals surface area contributed by atoms with Crippen molar-refractivity contribution >= 4 is 21.8 Å². The van der Waals surface area contributed by atoms with E-state index in [0.717, 1.165) is 10.0 Å². The summed E-state index contributed by atoms with van der Waals surface area (Å²) in [6.07, 6.45) is 1.88. The third kappa shape index (κ3) is 4.73. The van der Waals surface area contributed by atoms with Crippen LogP contribution in [0.3, 0.4) is 0 Å². The first kappa shape index (κ1) is 17.3. The summed E-state index contributed by atoms with van der Waals surface area (Å²) in [6.45, 7) is 0.680. The van der Waals surface area contributed by atoms with E-state index in [9.17, 15) is 9.90 Å². The van der Waals surface area contributed by atoms with Crippen molar-refractivity contribution in [3.8, 4) is 5.75 Å². The van der Waals surface area contributed by atoms with E-state index in [4.69, 9.17) is 4.42 Å². The first-order valence-corrected chi connectivity index (χ1v) is 8.72. The molecule has 0 atom stereocenters. The maximum atomic E-state index is 12.8. The van der Waals surface area contributed by atoms with E-state index in [1.54, 1.807) is 29.4 Å². The normalized spacial score (nSPS) is 10.6. The first-order chi connectivity index (χ1) is 12.1. The summed E-state index contributed by atoms with van der Waals surface area (Å²) < 4.78 is 6.36. The van der Waals surface area contributed by atoms with E-state index < -0.39 is 0 Å². The fourth-order valence-corrected chi connectivity index (χ4v) is 2.83. The maximum absolute atomic E-state index is 12.8. The van der Waals surface area contributed by atoms with Crippen molar-refractivity contribution in [2.45, 2.75) is 19.5 Å². The summed E-state index contributed by atoms with van der Waals surface area (Å²) in [5.74, 6) is 0.866. The quantitative estimate of drug-likeness (QED) is 0.662. The number of hydrogen-bond acceptors (Lipinski definition) is 3. The molecule has 1 N–H and O–H groups in total. The Balaban J connectivity index is 1.78. The second-order valence-electron chi connectivity index (χ2n) is 5.76. The Bertz CT molecular complexity index is 828. The summed E-state index contributed by atoms with van der Waals surface area (Å²) >= 11 is 3.40. The topological polar surface area (TPSA) is 53.7 Å². The predicted molar refractivity (Wildman–Crippen MR) is 98.9 cm³/mol. The van der Waals surface area contributed by atoms with Crippen molar-refractivity contribution in [1.29, 1.82) is 0 Å². The van der Waals surface area contributed by atoms with Crippen LogP contribution in [0.4, 0.5) is 0 Å². The lowest BCUT2D eigenvalue weighted by atomic mass is 10.1. The number of furan rings is 1. The van der Waals surface area contributed by atoms with Gasteiger partial charge in [-0.05, 0) is 35.9 Å². The second kappa shape index (κ2) is 8.03. The summed E-state index contributed by atoms with van der Waals surface area (Å²) in [5.41, 5.74) is 1.65. The van der Waals surface area contributed by atoms with Crippen molar-refractivity contribution in [2.75, 3.05) is 0 Å². The number of amides is 1. The molecule has 0 saturated heterocycles. The summed E-state index contributed by atoms with van der Waals surface area (Å²) in [4.78, 5) is 14.5. The minimum atomic E-state index is -0.0259. The van der Waals surface area contributed by atoms with E-state index in [-0.39, 0.29) is 11.7 Å². The highest BCUT2D eigenvalue weighted by molar-refractivity contribution is 9.10. The molecule has 3 rings (SSSR count). The molecular formula is C20H18BrNO3. The van der Waals surface area contributed by atoms with Gasteiger partial charge in [-0.2, -0.15) is 0 Å². The third-order valence-corrected chi connectivity index (χ3v) is 4.43. The van der Waals surface area contributed by atoms with Crippen LogP contribution in [-0.2, 0) is 24.3 Å². The van der Waals surface area contributed by atoms with Gasteiger partial charge in [-0.25, -0.2) is 0 Å². The second-order valence-corrected chi connectivity index (χ2v) is 6.68. The van der Waals surface area contributed by atoms with Gasteiger partial charge in [-0.3, -0.25) is 4.79 Å². The molecule has 0 bridgehead atoms. The average molecular weight is 400 g/mol. The Morgan fingerprint density at radius 3 is 2.44 bits per heavy atom. The van der Waals surface area contributed by atoms with Crippen LogP contribution >= 0.6 is 15.9 Å². The van der Waals surface area contributed by atoms with Gasteiger partial charge in [-0.15, -0.1) is 0 Å². The molecule has 1 aromatic heterocycles. The zero-order chi connectivity index (χ0) is 17.6. The predicted octanol–water partition coefficient (Wildman–Crippen LogP) is 4.52. The van der Waals surface area contributed by atoms with E-state index in [1.807, 2.05) is 42.5 Å². The van der Waals surface area contributed by atoms with Gasteiger partial charge in [0.1, 0.15) is 11.5 Å². The van der Waals surface area contributed by atoms with E-state index in [2.05, 4.69) is 15.9 Å². The highest BCUT2D eigenvalue weighted by Crippen LogP contribution is 2.20. The fraction of sp³-hybridized carbons (Fsp3) is 0.150. The van der Waals surface area contributed by atoms with Crippen LogP contribution in [0, 0.1) is 0 Å². The number of carbonyl (C=O) groups is 1. The molecular weight excluding hydrogens is 382 g/mol. The van der Waals surface area contributed by atoms with Gasteiger partial charge in [0.25, 0.3) is 0 Å². The highest BCUT2D eigenvalue weighted by atomic mass is 79.9. The molecule has 1 heterocycles. The summed E-state index contributed by atoms with van der Waals surface area (Å²) in [6, 6.07) is 18.4. The molecule has 4 nitrogen and oxygen atoms in total. The Morgan fingerprint density at radius 2 is 1.76 bits per heavy atom. The Kier molecular flexibility index (Phi) is 5.56. The molecule has 0 unspecified atom stereocenters. The van der Waals surface area contributed by atoms with Crippen LogP contribution in [0.1, 0.15) is 16.9 Å². The number of para-hydroxylation sites is 1. The number of benzene rings is 2. The lowest BCUT2D eigenvalue weighted by Gasteiger charge is -2.22. The molecule has 25 heavy (non-hydrogen) atoms. The zero-order valence-corrected chi connectivity index (χ0v) is 15.1. The number of carbonyl (C=O) groups excluding carboxylic acids is 1. The number of hydrogen-bond donors (Lipinski definition) is 1. The molecule has 0 fully saturated rings. The molecule has 0 spiro atoms. The van der Waals surface area contributed by atoms with Crippen molar-refractivity contribution in [3.05, 3.63) is 88.3 Å². The smallest absolute Gasteiger partial charge is 0.227 e. The van der Waals surface area contributed by atoms with Crippen molar-refractivity contribution < 1.29 is 14.3 Å². The molecule has 0 saturated carbocycles. The molecule has 0 radical (unpaired) electrons. The minimum absolute atomic E-state index is 0.0259. The van der Waals surface area contributed by atoms with Crippen molar-refractivity contribution in [1.82, 2.24) is 4.90 Å². The average Bonchev–Trinajstić information content (AvgIpc) is 3.11. The highest BCUT2D eigenvalue weighted by Gasteiger charge is 2.17. The number of phenols is 1.